The highest BCUT2D eigenvalue weighted by Crippen LogP contribution is 2.20. The van der Waals surface area contributed by atoms with Crippen LogP contribution in [0.5, 0.6) is 0 Å². The molecule has 0 aliphatic carbocycles. The fourth-order valence-electron chi connectivity index (χ4n) is 3.63. The van der Waals surface area contributed by atoms with Crippen molar-refractivity contribution in [1.82, 2.24) is 9.47 Å². The summed E-state index contributed by atoms with van der Waals surface area (Å²) in [4.78, 5) is 26.2. The number of nitrogens with zero attached hydrogens (tertiary/aromatic N) is 2. The van der Waals surface area contributed by atoms with E-state index in [1.807, 2.05) is 6.07 Å². The summed E-state index contributed by atoms with van der Waals surface area (Å²) < 4.78 is 1.56. The first kappa shape index (κ1) is 17.4. The molecular weight excluding hydrogens is 316 g/mol. The molecule has 0 bridgehead atoms. The maximum Gasteiger partial charge on any atom is 0.341 e. The number of aromatic nitrogens is 1. The Morgan fingerprint density at radius 3 is 2.72 bits per heavy atom. The van der Waals surface area contributed by atoms with Crippen LogP contribution in [0.25, 0.3) is 0 Å². The van der Waals surface area contributed by atoms with Gasteiger partial charge in [0.1, 0.15) is 5.56 Å². The van der Waals surface area contributed by atoms with E-state index in [2.05, 4.69) is 29.2 Å². The van der Waals surface area contributed by atoms with Gasteiger partial charge in [-0.15, -0.1) is 0 Å². The average Bonchev–Trinajstić information content (AvgIpc) is 2.58. The van der Waals surface area contributed by atoms with E-state index in [-0.39, 0.29) is 5.56 Å². The van der Waals surface area contributed by atoms with Crippen molar-refractivity contribution in [3.05, 3.63) is 69.6 Å². The van der Waals surface area contributed by atoms with Crippen molar-refractivity contribution in [2.24, 2.45) is 5.92 Å². The van der Waals surface area contributed by atoms with Gasteiger partial charge in [0, 0.05) is 25.8 Å². The molecule has 3 rings (SSSR count). The molecule has 1 atom stereocenters. The molecule has 132 valence electrons. The summed E-state index contributed by atoms with van der Waals surface area (Å²) >= 11 is 0. The summed E-state index contributed by atoms with van der Waals surface area (Å²) in [6, 6.07) is 12.1. The lowest BCUT2D eigenvalue weighted by molar-refractivity contribution is 0.0693. The van der Waals surface area contributed by atoms with Gasteiger partial charge in [0.05, 0.1) is 0 Å². The number of carbonyl (C=O) groups is 1. The van der Waals surface area contributed by atoms with Crippen molar-refractivity contribution in [2.75, 3.05) is 13.1 Å². The van der Waals surface area contributed by atoms with Crippen LogP contribution in [0.1, 0.15) is 34.3 Å². The van der Waals surface area contributed by atoms with Gasteiger partial charge >= 0.3 is 5.97 Å². The fourth-order valence-corrected chi connectivity index (χ4v) is 3.63. The maximum absolute atomic E-state index is 12.4. The molecule has 1 unspecified atom stereocenters. The molecule has 1 saturated heterocycles. The number of piperidine rings is 1. The lowest BCUT2D eigenvalue weighted by Crippen LogP contribution is -2.38. The molecule has 1 aliphatic heterocycles. The van der Waals surface area contributed by atoms with E-state index in [1.54, 1.807) is 23.8 Å². The summed E-state index contributed by atoms with van der Waals surface area (Å²) in [5, 5.41) is 9.26. The number of hydrogen-bond donors (Lipinski definition) is 1. The Balaban J connectivity index is 1.70. The van der Waals surface area contributed by atoms with E-state index in [1.165, 1.54) is 5.56 Å². The minimum absolute atomic E-state index is 0.112. The molecule has 0 spiro atoms. The molecule has 0 amide bonds. The third-order valence-corrected chi connectivity index (χ3v) is 4.89. The van der Waals surface area contributed by atoms with Gasteiger partial charge in [-0.1, -0.05) is 30.3 Å². The van der Waals surface area contributed by atoms with Crippen LogP contribution in [0.3, 0.4) is 0 Å². The Bertz CT molecular complexity index is 798. The van der Waals surface area contributed by atoms with Crippen molar-refractivity contribution in [3.63, 3.8) is 0 Å². The summed E-state index contributed by atoms with van der Waals surface area (Å²) in [6.07, 6.45) is 3.89. The van der Waals surface area contributed by atoms with Crippen molar-refractivity contribution >= 4 is 5.97 Å². The summed E-state index contributed by atoms with van der Waals surface area (Å²) in [5.41, 5.74) is 1.30. The molecule has 1 aromatic carbocycles. The second-order valence-electron chi connectivity index (χ2n) is 6.87. The quantitative estimate of drug-likeness (QED) is 0.909. The van der Waals surface area contributed by atoms with Crippen molar-refractivity contribution in [1.29, 1.82) is 0 Å². The van der Waals surface area contributed by atoms with Gasteiger partial charge in [0.25, 0.3) is 5.56 Å². The number of aryl methyl sites for hydroxylation is 1. The second kappa shape index (κ2) is 7.66. The predicted octanol–water partition coefficient (Wildman–Crippen LogP) is 2.77. The lowest BCUT2D eigenvalue weighted by atomic mass is 9.97. The molecule has 5 heteroatoms. The molecule has 1 aliphatic rings. The van der Waals surface area contributed by atoms with Crippen molar-refractivity contribution in [3.8, 4) is 0 Å². The van der Waals surface area contributed by atoms with E-state index in [0.717, 1.165) is 32.5 Å². The predicted molar refractivity (Wildman–Crippen MR) is 96.8 cm³/mol. The van der Waals surface area contributed by atoms with E-state index >= 15 is 0 Å². The SMILES string of the molecule is Cc1ccn(CC2CCCN(Cc3ccccc3)C2)c(=O)c1C(=O)O. The largest absolute Gasteiger partial charge is 0.477 e. The Kier molecular flexibility index (Phi) is 5.34. The molecule has 2 heterocycles. The fraction of sp³-hybridized carbons (Fsp3) is 0.400. The maximum atomic E-state index is 12.4. The highest BCUT2D eigenvalue weighted by Gasteiger charge is 2.22. The highest BCUT2D eigenvalue weighted by atomic mass is 16.4. The van der Waals surface area contributed by atoms with E-state index in [4.69, 9.17) is 0 Å². The molecule has 0 saturated carbocycles. The van der Waals surface area contributed by atoms with Crippen LogP contribution in [0.2, 0.25) is 0 Å². The van der Waals surface area contributed by atoms with Crippen LogP contribution in [-0.4, -0.2) is 33.6 Å². The van der Waals surface area contributed by atoms with Crippen LogP contribution < -0.4 is 5.56 Å². The molecule has 0 radical (unpaired) electrons. The van der Waals surface area contributed by atoms with Gasteiger partial charge in [0.2, 0.25) is 0 Å². The Morgan fingerprint density at radius 2 is 2.00 bits per heavy atom. The number of aromatic carboxylic acids is 1. The van der Waals surface area contributed by atoms with Gasteiger partial charge in [-0.3, -0.25) is 9.69 Å². The number of likely N-dealkylation sites (tertiary alicyclic amines) is 1. The molecule has 1 fully saturated rings. The van der Waals surface area contributed by atoms with Crippen molar-refractivity contribution in [2.45, 2.75) is 32.9 Å². The first-order valence-electron chi connectivity index (χ1n) is 8.74. The first-order valence-corrected chi connectivity index (χ1v) is 8.74. The zero-order valence-corrected chi connectivity index (χ0v) is 14.5. The van der Waals surface area contributed by atoms with Gasteiger partial charge in [-0.2, -0.15) is 0 Å². The van der Waals surface area contributed by atoms with Crippen LogP contribution in [0, 0.1) is 12.8 Å². The van der Waals surface area contributed by atoms with Crippen LogP contribution >= 0.6 is 0 Å². The van der Waals surface area contributed by atoms with E-state index in [9.17, 15) is 14.7 Å². The molecule has 1 N–H and O–H groups in total. The molecule has 25 heavy (non-hydrogen) atoms. The highest BCUT2D eigenvalue weighted by molar-refractivity contribution is 5.88. The number of hydrogen-bond acceptors (Lipinski definition) is 3. The Hall–Kier alpha value is -2.40. The topological polar surface area (TPSA) is 62.5 Å². The van der Waals surface area contributed by atoms with E-state index < -0.39 is 11.5 Å². The van der Waals surface area contributed by atoms with Gasteiger partial charge in [-0.05, 0) is 49.4 Å². The smallest absolute Gasteiger partial charge is 0.341 e. The number of rotatable bonds is 5. The summed E-state index contributed by atoms with van der Waals surface area (Å²) in [5.74, 6) is -0.786. The minimum Gasteiger partial charge on any atom is -0.477 e. The van der Waals surface area contributed by atoms with Gasteiger partial charge in [-0.25, -0.2) is 4.79 Å². The van der Waals surface area contributed by atoms with Crippen LogP contribution in [0.4, 0.5) is 0 Å². The van der Waals surface area contributed by atoms with Crippen molar-refractivity contribution < 1.29 is 9.90 Å². The summed E-state index contributed by atoms with van der Waals surface area (Å²) in [7, 11) is 0. The Morgan fingerprint density at radius 1 is 1.24 bits per heavy atom. The Labute approximate surface area is 147 Å². The third-order valence-electron chi connectivity index (χ3n) is 4.89. The number of carboxylic acids is 1. The van der Waals surface area contributed by atoms with Crippen LogP contribution in [-0.2, 0) is 13.1 Å². The normalized spacial score (nSPS) is 18.2. The second-order valence-corrected chi connectivity index (χ2v) is 6.87. The number of pyridine rings is 1. The standard InChI is InChI=1S/C20H24N2O3/c1-15-9-11-22(19(23)18(15)20(24)25)14-17-8-5-10-21(13-17)12-16-6-3-2-4-7-16/h2-4,6-7,9,11,17H,5,8,10,12-14H2,1H3,(H,24,25). The lowest BCUT2D eigenvalue weighted by Gasteiger charge is -2.33. The van der Waals surface area contributed by atoms with E-state index in [0.29, 0.717) is 18.0 Å². The van der Waals surface area contributed by atoms with Gasteiger partial charge < -0.3 is 9.67 Å². The minimum atomic E-state index is -1.15. The third kappa shape index (κ3) is 4.17. The average molecular weight is 340 g/mol. The molecular formula is C20H24N2O3. The molecule has 5 nitrogen and oxygen atoms in total. The zero-order chi connectivity index (χ0) is 17.8. The summed E-state index contributed by atoms with van der Waals surface area (Å²) in [6.45, 7) is 5.15. The molecule has 1 aromatic heterocycles. The zero-order valence-electron chi connectivity index (χ0n) is 14.5. The monoisotopic (exact) mass is 340 g/mol. The number of carboxylic acid groups (broad SMARTS) is 1. The van der Waals surface area contributed by atoms with Crippen LogP contribution in [0.15, 0.2) is 47.4 Å². The van der Waals surface area contributed by atoms with Gasteiger partial charge in [0.15, 0.2) is 0 Å². The first-order chi connectivity index (χ1) is 12.0. The molecule has 2 aromatic rings. The number of benzene rings is 1.